The van der Waals surface area contributed by atoms with E-state index in [-0.39, 0.29) is 6.61 Å². The SMILES string of the molecule is CCOC(=O)/C=C1\C=CN(C)C(=O)C1(F)F. The molecule has 1 aliphatic rings. The van der Waals surface area contributed by atoms with Crippen LogP contribution in [0.2, 0.25) is 0 Å². The Kier molecular flexibility index (Phi) is 3.41. The van der Waals surface area contributed by atoms with Gasteiger partial charge in [-0.1, -0.05) is 0 Å². The van der Waals surface area contributed by atoms with Crippen molar-refractivity contribution in [3.63, 3.8) is 0 Å². The Labute approximate surface area is 91.2 Å². The van der Waals surface area contributed by atoms with Crippen molar-refractivity contribution in [2.45, 2.75) is 12.8 Å². The van der Waals surface area contributed by atoms with Gasteiger partial charge in [0, 0.05) is 24.9 Å². The first-order chi connectivity index (χ1) is 7.39. The summed E-state index contributed by atoms with van der Waals surface area (Å²) in [6, 6.07) is 0. The Bertz CT molecular complexity index is 374. The maximum Gasteiger partial charge on any atom is 0.350 e. The van der Waals surface area contributed by atoms with Crippen molar-refractivity contribution < 1.29 is 23.1 Å². The summed E-state index contributed by atoms with van der Waals surface area (Å²) >= 11 is 0. The van der Waals surface area contributed by atoms with Crippen LogP contribution < -0.4 is 0 Å². The topological polar surface area (TPSA) is 46.6 Å². The Morgan fingerprint density at radius 2 is 2.25 bits per heavy atom. The number of carbonyl (C=O) groups excluding carboxylic acids is 2. The summed E-state index contributed by atoms with van der Waals surface area (Å²) in [5.41, 5.74) is -0.658. The minimum Gasteiger partial charge on any atom is -0.463 e. The molecule has 6 heteroatoms. The summed E-state index contributed by atoms with van der Waals surface area (Å²) < 4.78 is 31.3. The lowest BCUT2D eigenvalue weighted by atomic mass is 10.0. The number of rotatable bonds is 2. The predicted molar refractivity (Wildman–Crippen MR) is 51.6 cm³/mol. The van der Waals surface area contributed by atoms with Crippen LogP contribution in [0.3, 0.4) is 0 Å². The molecule has 88 valence electrons. The Balaban J connectivity index is 3.01. The second-order valence-electron chi connectivity index (χ2n) is 3.16. The standard InChI is InChI=1S/C10H11F2NO3/c1-3-16-8(14)6-7-4-5-13(2)9(15)10(7,11)12/h4-6H,3H2,1-2H3/b7-6+. The molecule has 0 saturated carbocycles. The van der Waals surface area contributed by atoms with Crippen molar-refractivity contribution in [1.29, 1.82) is 0 Å². The minimum atomic E-state index is -3.68. The second-order valence-corrected chi connectivity index (χ2v) is 3.16. The Morgan fingerprint density at radius 3 is 2.81 bits per heavy atom. The van der Waals surface area contributed by atoms with Gasteiger partial charge in [0.05, 0.1) is 6.61 Å². The molecule has 0 N–H and O–H groups in total. The van der Waals surface area contributed by atoms with Crippen LogP contribution in [0.15, 0.2) is 23.9 Å². The van der Waals surface area contributed by atoms with E-state index in [4.69, 9.17) is 0 Å². The highest BCUT2D eigenvalue weighted by Crippen LogP contribution is 2.30. The molecule has 0 unspecified atom stereocenters. The highest BCUT2D eigenvalue weighted by Gasteiger charge is 2.46. The van der Waals surface area contributed by atoms with Crippen molar-refractivity contribution in [3.8, 4) is 0 Å². The first-order valence-corrected chi connectivity index (χ1v) is 4.61. The molecule has 0 aromatic rings. The zero-order chi connectivity index (χ0) is 12.3. The van der Waals surface area contributed by atoms with Crippen LogP contribution in [0, 0.1) is 0 Å². The molecular weight excluding hydrogens is 220 g/mol. The Morgan fingerprint density at radius 1 is 1.62 bits per heavy atom. The van der Waals surface area contributed by atoms with E-state index in [1.807, 2.05) is 0 Å². The van der Waals surface area contributed by atoms with Gasteiger partial charge in [0.25, 0.3) is 0 Å². The average Bonchev–Trinajstić information content (AvgIpc) is 2.20. The lowest BCUT2D eigenvalue weighted by Gasteiger charge is -2.25. The zero-order valence-corrected chi connectivity index (χ0v) is 8.87. The molecule has 0 spiro atoms. The summed E-state index contributed by atoms with van der Waals surface area (Å²) in [6.07, 6.45) is 2.81. The van der Waals surface area contributed by atoms with E-state index < -0.39 is 23.4 Å². The predicted octanol–water partition coefficient (Wildman–Crippen LogP) is 1.10. The fraction of sp³-hybridized carbons (Fsp3) is 0.400. The second kappa shape index (κ2) is 4.42. The summed E-state index contributed by atoms with van der Waals surface area (Å²) in [6.45, 7) is 1.65. The largest absolute Gasteiger partial charge is 0.463 e. The van der Waals surface area contributed by atoms with Crippen molar-refractivity contribution in [2.75, 3.05) is 13.7 Å². The molecule has 4 nitrogen and oxygen atoms in total. The summed E-state index contributed by atoms with van der Waals surface area (Å²) in [4.78, 5) is 22.9. The molecule has 16 heavy (non-hydrogen) atoms. The molecule has 0 fully saturated rings. The van der Waals surface area contributed by atoms with Crippen molar-refractivity contribution in [1.82, 2.24) is 4.90 Å². The van der Waals surface area contributed by atoms with Gasteiger partial charge in [-0.25, -0.2) is 4.79 Å². The molecule has 0 aromatic carbocycles. The van der Waals surface area contributed by atoms with Crippen LogP contribution in [-0.2, 0) is 14.3 Å². The molecule has 0 atom stereocenters. The summed E-state index contributed by atoms with van der Waals surface area (Å²) in [7, 11) is 1.22. The van der Waals surface area contributed by atoms with Crippen LogP contribution in [-0.4, -0.2) is 36.4 Å². The molecular formula is C10H11F2NO3. The van der Waals surface area contributed by atoms with Gasteiger partial charge >= 0.3 is 17.8 Å². The Hall–Kier alpha value is -1.72. The fourth-order valence-electron chi connectivity index (χ4n) is 1.16. The van der Waals surface area contributed by atoms with E-state index in [2.05, 4.69) is 4.74 Å². The highest BCUT2D eigenvalue weighted by atomic mass is 19.3. The van der Waals surface area contributed by atoms with E-state index in [9.17, 15) is 18.4 Å². The fourth-order valence-corrected chi connectivity index (χ4v) is 1.16. The monoisotopic (exact) mass is 231 g/mol. The van der Waals surface area contributed by atoms with Crippen LogP contribution in [0.1, 0.15) is 6.92 Å². The summed E-state index contributed by atoms with van der Waals surface area (Å²) in [5, 5.41) is 0. The number of carbonyl (C=O) groups is 2. The van der Waals surface area contributed by atoms with Crippen molar-refractivity contribution in [2.24, 2.45) is 0 Å². The number of esters is 1. The quantitative estimate of drug-likeness (QED) is 0.528. The van der Waals surface area contributed by atoms with E-state index in [0.717, 1.165) is 11.0 Å². The molecule has 1 rings (SSSR count). The number of amides is 1. The average molecular weight is 231 g/mol. The van der Waals surface area contributed by atoms with Gasteiger partial charge in [0.1, 0.15) is 0 Å². The molecule has 0 bridgehead atoms. The number of ether oxygens (including phenoxy) is 1. The van der Waals surface area contributed by atoms with E-state index >= 15 is 0 Å². The molecule has 1 heterocycles. The number of nitrogens with zero attached hydrogens (tertiary/aromatic N) is 1. The normalized spacial score (nSPS) is 21.4. The van der Waals surface area contributed by atoms with Crippen molar-refractivity contribution in [3.05, 3.63) is 23.9 Å². The van der Waals surface area contributed by atoms with Gasteiger partial charge in [0.15, 0.2) is 0 Å². The maximum absolute atomic E-state index is 13.4. The smallest absolute Gasteiger partial charge is 0.350 e. The van der Waals surface area contributed by atoms with Gasteiger partial charge < -0.3 is 9.64 Å². The number of alkyl halides is 2. The van der Waals surface area contributed by atoms with Gasteiger partial charge in [-0.3, -0.25) is 4.79 Å². The lowest BCUT2D eigenvalue weighted by molar-refractivity contribution is -0.149. The van der Waals surface area contributed by atoms with Crippen LogP contribution in [0.5, 0.6) is 0 Å². The van der Waals surface area contributed by atoms with Gasteiger partial charge in [-0.15, -0.1) is 0 Å². The first-order valence-electron chi connectivity index (χ1n) is 4.61. The zero-order valence-electron chi connectivity index (χ0n) is 8.87. The van der Waals surface area contributed by atoms with Crippen LogP contribution in [0.25, 0.3) is 0 Å². The third-order valence-electron chi connectivity index (χ3n) is 1.99. The van der Waals surface area contributed by atoms with E-state index in [0.29, 0.717) is 6.08 Å². The number of hydrogen-bond acceptors (Lipinski definition) is 3. The van der Waals surface area contributed by atoms with Gasteiger partial charge in [-0.2, -0.15) is 8.78 Å². The molecule has 1 amide bonds. The third kappa shape index (κ3) is 2.26. The molecule has 1 aliphatic heterocycles. The molecule has 0 aliphatic carbocycles. The molecule has 0 saturated heterocycles. The summed E-state index contributed by atoms with van der Waals surface area (Å²) in [5.74, 6) is -5.94. The molecule has 0 aromatic heterocycles. The lowest BCUT2D eigenvalue weighted by Crippen LogP contribution is -2.42. The third-order valence-corrected chi connectivity index (χ3v) is 1.99. The van der Waals surface area contributed by atoms with E-state index in [1.54, 1.807) is 6.92 Å². The minimum absolute atomic E-state index is 0.0890. The van der Waals surface area contributed by atoms with Crippen molar-refractivity contribution >= 4 is 11.9 Å². The van der Waals surface area contributed by atoms with Crippen LogP contribution >= 0.6 is 0 Å². The van der Waals surface area contributed by atoms with Crippen LogP contribution in [0.4, 0.5) is 8.78 Å². The maximum atomic E-state index is 13.4. The number of halogens is 2. The first kappa shape index (κ1) is 12.4. The number of hydrogen-bond donors (Lipinski definition) is 0. The highest BCUT2D eigenvalue weighted by molar-refractivity contribution is 5.93. The van der Waals surface area contributed by atoms with Gasteiger partial charge in [-0.05, 0) is 13.0 Å². The van der Waals surface area contributed by atoms with Gasteiger partial charge in [0.2, 0.25) is 0 Å². The number of allylic oxidation sites excluding steroid dienone is 1. The molecule has 0 radical (unpaired) electrons. The van der Waals surface area contributed by atoms with E-state index in [1.165, 1.54) is 13.2 Å².